The summed E-state index contributed by atoms with van der Waals surface area (Å²) in [6.45, 7) is 1.47. The Bertz CT molecular complexity index is 1310. The van der Waals surface area contributed by atoms with Crippen molar-refractivity contribution < 1.29 is 14.3 Å². The highest BCUT2D eigenvalue weighted by Crippen LogP contribution is 2.30. The highest BCUT2D eigenvalue weighted by molar-refractivity contribution is 6.05. The number of likely N-dealkylation sites (tertiary alicyclic amines) is 1. The van der Waals surface area contributed by atoms with Gasteiger partial charge in [0, 0.05) is 43.1 Å². The molecule has 6 heteroatoms. The molecule has 1 aliphatic rings. The van der Waals surface area contributed by atoms with Crippen LogP contribution in [0.3, 0.4) is 0 Å². The number of benzene rings is 2. The van der Waals surface area contributed by atoms with Crippen molar-refractivity contribution in [3.63, 3.8) is 0 Å². The Hall–Kier alpha value is -3.93. The highest BCUT2D eigenvalue weighted by atomic mass is 16.5. The zero-order valence-corrected chi connectivity index (χ0v) is 19.2. The fourth-order valence-electron chi connectivity index (χ4n) is 4.76. The number of rotatable bonds is 5. The number of hydrogen-bond donors (Lipinski definition) is 0. The van der Waals surface area contributed by atoms with Gasteiger partial charge in [-0.3, -0.25) is 19.1 Å². The van der Waals surface area contributed by atoms with Gasteiger partial charge in [-0.15, -0.1) is 0 Å². The van der Waals surface area contributed by atoms with E-state index in [4.69, 9.17) is 4.74 Å². The summed E-state index contributed by atoms with van der Waals surface area (Å²) in [6, 6.07) is 19.5. The van der Waals surface area contributed by atoms with Crippen LogP contribution in [-0.2, 0) is 6.42 Å². The molecule has 2 aromatic carbocycles. The van der Waals surface area contributed by atoms with Crippen LogP contribution < -0.4 is 4.74 Å². The summed E-state index contributed by atoms with van der Waals surface area (Å²) in [5.41, 5.74) is 3.08. The van der Waals surface area contributed by atoms with Crippen LogP contribution in [0.4, 0.5) is 0 Å². The second-order valence-corrected chi connectivity index (χ2v) is 8.77. The Balaban J connectivity index is 1.34. The molecule has 34 heavy (non-hydrogen) atoms. The van der Waals surface area contributed by atoms with E-state index in [1.165, 1.54) is 5.56 Å². The predicted molar refractivity (Wildman–Crippen MR) is 131 cm³/mol. The van der Waals surface area contributed by atoms with Crippen molar-refractivity contribution >= 4 is 22.7 Å². The molecule has 5 rings (SSSR count). The lowest BCUT2D eigenvalue weighted by Crippen LogP contribution is -2.39. The number of fused-ring (bicyclic) bond motifs is 1. The number of aromatic nitrogens is 2. The first kappa shape index (κ1) is 21.9. The largest absolute Gasteiger partial charge is 0.496 e. The molecule has 0 saturated carbocycles. The second-order valence-electron chi connectivity index (χ2n) is 8.77. The smallest absolute Gasteiger partial charge is 0.263 e. The average molecular weight is 454 g/mol. The van der Waals surface area contributed by atoms with Crippen LogP contribution in [0.25, 0.3) is 10.9 Å². The van der Waals surface area contributed by atoms with Crippen molar-refractivity contribution in [2.75, 3.05) is 20.2 Å². The fraction of sp³-hybridized carbons (Fsp3) is 0.250. The summed E-state index contributed by atoms with van der Waals surface area (Å²) in [7, 11) is 1.56. The molecule has 1 aliphatic heterocycles. The molecule has 1 saturated heterocycles. The topological polar surface area (TPSA) is 64.4 Å². The van der Waals surface area contributed by atoms with E-state index in [1.807, 2.05) is 23.1 Å². The van der Waals surface area contributed by atoms with E-state index in [0.29, 0.717) is 28.3 Å². The second kappa shape index (κ2) is 9.51. The standard InChI is InChI=1S/C28H27N3O3/c1-34-26-18-25-22(11-15-31(25)27(32)23-8-5-12-29-19-23)17-24(26)28(33)30-13-9-21(10-14-30)16-20-6-3-2-4-7-20/h2-8,11-12,15,17-19,21H,9-10,13-14,16H2,1H3. The summed E-state index contributed by atoms with van der Waals surface area (Å²) in [4.78, 5) is 32.3. The first-order valence-corrected chi connectivity index (χ1v) is 11.6. The molecule has 1 fully saturated rings. The molecule has 6 nitrogen and oxygen atoms in total. The number of pyridine rings is 1. The molecule has 1 amide bonds. The lowest BCUT2D eigenvalue weighted by Gasteiger charge is -2.32. The van der Waals surface area contributed by atoms with Crippen molar-refractivity contribution in [3.05, 3.63) is 95.9 Å². The summed E-state index contributed by atoms with van der Waals surface area (Å²) < 4.78 is 7.16. The number of carbonyl (C=O) groups is 2. The molecule has 3 heterocycles. The summed E-state index contributed by atoms with van der Waals surface area (Å²) in [5.74, 6) is 0.860. The molecule has 0 spiro atoms. The lowest BCUT2D eigenvalue weighted by molar-refractivity contribution is 0.0687. The highest BCUT2D eigenvalue weighted by Gasteiger charge is 2.26. The maximum Gasteiger partial charge on any atom is 0.263 e. The third kappa shape index (κ3) is 4.31. The molecule has 0 aliphatic carbocycles. The first-order valence-electron chi connectivity index (χ1n) is 11.6. The molecule has 4 aromatic rings. The van der Waals surface area contributed by atoms with E-state index < -0.39 is 0 Å². The van der Waals surface area contributed by atoms with Gasteiger partial charge in [0.05, 0.1) is 23.8 Å². The Morgan fingerprint density at radius 1 is 1.00 bits per heavy atom. The molecule has 2 aromatic heterocycles. The first-order chi connectivity index (χ1) is 16.6. The van der Waals surface area contributed by atoms with Gasteiger partial charge in [0.25, 0.3) is 11.8 Å². The van der Waals surface area contributed by atoms with Gasteiger partial charge in [-0.2, -0.15) is 0 Å². The monoisotopic (exact) mass is 453 g/mol. The van der Waals surface area contributed by atoms with E-state index in [2.05, 4.69) is 29.2 Å². The predicted octanol–water partition coefficient (Wildman–Crippen LogP) is 4.83. The zero-order valence-electron chi connectivity index (χ0n) is 19.2. The Morgan fingerprint density at radius 3 is 2.50 bits per heavy atom. The molecule has 0 atom stereocenters. The normalized spacial score (nSPS) is 14.3. The van der Waals surface area contributed by atoms with Gasteiger partial charge < -0.3 is 9.64 Å². The third-order valence-electron chi connectivity index (χ3n) is 6.64. The number of amides is 1. The van der Waals surface area contributed by atoms with Gasteiger partial charge in [-0.25, -0.2) is 0 Å². The fourth-order valence-corrected chi connectivity index (χ4v) is 4.76. The molecule has 0 unspecified atom stereocenters. The van der Waals surface area contributed by atoms with Crippen LogP contribution in [0.5, 0.6) is 5.75 Å². The molecular weight excluding hydrogens is 426 g/mol. The molecule has 0 N–H and O–H groups in total. The van der Waals surface area contributed by atoms with Crippen molar-refractivity contribution in [2.45, 2.75) is 19.3 Å². The number of carbonyl (C=O) groups excluding carboxylic acids is 2. The molecular formula is C28H27N3O3. The summed E-state index contributed by atoms with van der Waals surface area (Å²) in [5, 5.41) is 0.820. The van der Waals surface area contributed by atoms with Crippen molar-refractivity contribution in [1.82, 2.24) is 14.5 Å². The van der Waals surface area contributed by atoms with Crippen molar-refractivity contribution in [1.29, 1.82) is 0 Å². The van der Waals surface area contributed by atoms with Gasteiger partial charge >= 0.3 is 0 Å². The van der Waals surface area contributed by atoms with Gasteiger partial charge in [0.1, 0.15) is 5.75 Å². The number of ether oxygens (including phenoxy) is 1. The SMILES string of the molecule is COc1cc2c(ccn2C(=O)c2cccnc2)cc1C(=O)N1CCC(Cc2ccccc2)CC1. The maximum atomic E-state index is 13.4. The maximum absolute atomic E-state index is 13.4. The zero-order chi connectivity index (χ0) is 23.5. The van der Waals surface area contributed by atoms with Gasteiger partial charge in [0.2, 0.25) is 0 Å². The molecule has 0 bridgehead atoms. The third-order valence-corrected chi connectivity index (χ3v) is 6.64. The van der Waals surface area contributed by atoms with Crippen LogP contribution in [0.2, 0.25) is 0 Å². The van der Waals surface area contributed by atoms with E-state index in [9.17, 15) is 9.59 Å². The molecule has 0 radical (unpaired) electrons. The lowest BCUT2D eigenvalue weighted by atomic mass is 9.90. The molecule has 172 valence electrons. The van der Waals surface area contributed by atoms with Crippen LogP contribution in [0.15, 0.2) is 79.3 Å². The number of hydrogen-bond acceptors (Lipinski definition) is 4. The number of methoxy groups -OCH3 is 1. The van der Waals surface area contributed by atoms with E-state index in [-0.39, 0.29) is 11.8 Å². The minimum atomic E-state index is -0.176. The number of piperidine rings is 1. The Morgan fingerprint density at radius 2 is 1.79 bits per heavy atom. The Labute approximate surface area is 198 Å². The van der Waals surface area contributed by atoms with Gasteiger partial charge in [-0.05, 0) is 55.0 Å². The van der Waals surface area contributed by atoms with Gasteiger partial charge in [-0.1, -0.05) is 30.3 Å². The van der Waals surface area contributed by atoms with Crippen LogP contribution >= 0.6 is 0 Å². The Kier molecular flexibility index (Phi) is 6.12. The summed E-state index contributed by atoms with van der Waals surface area (Å²) >= 11 is 0. The van der Waals surface area contributed by atoms with Crippen LogP contribution in [-0.4, -0.2) is 46.5 Å². The van der Waals surface area contributed by atoms with Crippen molar-refractivity contribution in [2.24, 2.45) is 5.92 Å². The minimum absolute atomic E-state index is 0.0248. The number of nitrogens with zero attached hydrogens (tertiary/aromatic N) is 3. The average Bonchev–Trinajstić information content (AvgIpc) is 3.31. The quantitative estimate of drug-likeness (QED) is 0.434. The van der Waals surface area contributed by atoms with Crippen LogP contribution in [0.1, 0.15) is 39.1 Å². The van der Waals surface area contributed by atoms with E-state index in [0.717, 1.165) is 37.7 Å². The van der Waals surface area contributed by atoms with E-state index >= 15 is 0 Å². The van der Waals surface area contributed by atoms with Crippen LogP contribution in [0, 0.1) is 5.92 Å². The van der Waals surface area contributed by atoms with E-state index in [1.54, 1.807) is 48.5 Å². The van der Waals surface area contributed by atoms with Crippen molar-refractivity contribution in [3.8, 4) is 5.75 Å². The van der Waals surface area contributed by atoms with Gasteiger partial charge in [0.15, 0.2) is 0 Å². The summed E-state index contributed by atoms with van der Waals surface area (Å²) in [6.07, 6.45) is 7.93. The minimum Gasteiger partial charge on any atom is -0.496 e.